The van der Waals surface area contributed by atoms with Crippen molar-refractivity contribution in [1.82, 2.24) is 10.6 Å². The summed E-state index contributed by atoms with van der Waals surface area (Å²) >= 11 is 0. The van der Waals surface area contributed by atoms with Crippen molar-refractivity contribution < 1.29 is 4.79 Å². The molecule has 0 spiro atoms. The van der Waals surface area contributed by atoms with Crippen LogP contribution in [0.1, 0.15) is 53.4 Å². The molecule has 0 aromatic heterocycles. The third-order valence-corrected chi connectivity index (χ3v) is 3.30. The van der Waals surface area contributed by atoms with Crippen LogP contribution in [-0.4, -0.2) is 25.0 Å². The van der Waals surface area contributed by atoms with Crippen molar-refractivity contribution in [2.24, 2.45) is 5.92 Å². The molecule has 3 heteroatoms. The summed E-state index contributed by atoms with van der Waals surface area (Å²) in [5.41, 5.74) is -0.409. The molecule has 0 fully saturated rings. The molecule has 0 aliphatic carbocycles. The van der Waals surface area contributed by atoms with Gasteiger partial charge in [0, 0.05) is 7.05 Å². The van der Waals surface area contributed by atoms with E-state index >= 15 is 0 Å². The maximum atomic E-state index is 11.9. The van der Waals surface area contributed by atoms with Gasteiger partial charge in [-0.05, 0) is 25.8 Å². The molecular weight excluding hydrogens is 200 g/mol. The molecule has 0 aliphatic heterocycles. The molecule has 3 nitrogen and oxygen atoms in total. The lowest BCUT2D eigenvalue weighted by atomic mass is 9.93. The number of rotatable bonds is 8. The average molecular weight is 228 g/mol. The van der Waals surface area contributed by atoms with Crippen molar-refractivity contribution in [3.05, 3.63) is 0 Å². The molecule has 2 unspecified atom stereocenters. The molecule has 0 aliphatic rings. The number of hydrogen-bond donors (Lipinski definition) is 2. The third-order valence-electron chi connectivity index (χ3n) is 3.30. The van der Waals surface area contributed by atoms with Crippen molar-refractivity contribution in [3.63, 3.8) is 0 Å². The molecule has 2 atom stereocenters. The van der Waals surface area contributed by atoms with Crippen LogP contribution in [0, 0.1) is 5.92 Å². The maximum Gasteiger partial charge on any atom is 0.239 e. The molecule has 0 saturated heterocycles. The second-order valence-electron chi connectivity index (χ2n) is 4.91. The minimum atomic E-state index is -0.409. The second-order valence-corrected chi connectivity index (χ2v) is 4.91. The highest BCUT2D eigenvalue weighted by Gasteiger charge is 2.31. The van der Waals surface area contributed by atoms with E-state index in [0.29, 0.717) is 5.92 Å². The van der Waals surface area contributed by atoms with Gasteiger partial charge in [-0.1, -0.05) is 40.0 Å². The van der Waals surface area contributed by atoms with E-state index in [1.54, 1.807) is 7.05 Å². The number of amides is 1. The van der Waals surface area contributed by atoms with Gasteiger partial charge in [0.15, 0.2) is 0 Å². The molecular formula is C13H28N2O. The SMILES string of the molecule is CCCCC(C)(NCC(C)CC)C(=O)NC. The summed E-state index contributed by atoms with van der Waals surface area (Å²) in [6, 6.07) is 0. The first kappa shape index (κ1) is 15.4. The second kappa shape index (κ2) is 7.66. The van der Waals surface area contributed by atoms with Gasteiger partial charge in [0.25, 0.3) is 0 Å². The van der Waals surface area contributed by atoms with Gasteiger partial charge < -0.3 is 10.6 Å². The lowest BCUT2D eigenvalue weighted by Gasteiger charge is -2.30. The van der Waals surface area contributed by atoms with Crippen LogP contribution in [0.2, 0.25) is 0 Å². The van der Waals surface area contributed by atoms with Crippen molar-refractivity contribution in [2.45, 2.75) is 58.9 Å². The molecule has 1 amide bonds. The summed E-state index contributed by atoms with van der Waals surface area (Å²) in [4.78, 5) is 11.9. The summed E-state index contributed by atoms with van der Waals surface area (Å²) in [6.45, 7) is 9.44. The van der Waals surface area contributed by atoms with E-state index in [0.717, 1.165) is 32.2 Å². The van der Waals surface area contributed by atoms with Gasteiger partial charge >= 0.3 is 0 Å². The highest BCUT2D eigenvalue weighted by atomic mass is 16.2. The fraction of sp³-hybridized carbons (Fsp3) is 0.923. The topological polar surface area (TPSA) is 41.1 Å². The number of unbranched alkanes of at least 4 members (excludes halogenated alkanes) is 1. The largest absolute Gasteiger partial charge is 0.358 e. The molecule has 0 rings (SSSR count). The Morgan fingerprint density at radius 1 is 1.38 bits per heavy atom. The molecule has 16 heavy (non-hydrogen) atoms. The van der Waals surface area contributed by atoms with Crippen LogP contribution >= 0.6 is 0 Å². The number of nitrogens with one attached hydrogen (secondary N) is 2. The quantitative estimate of drug-likeness (QED) is 0.669. The van der Waals surface area contributed by atoms with E-state index < -0.39 is 5.54 Å². The Labute approximate surface area is 100 Å². The zero-order valence-corrected chi connectivity index (χ0v) is 11.5. The highest BCUT2D eigenvalue weighted by Crippen LogP contribution is 2.15. The predicted molar refractivity (Wildman–Crippen MR) is 69.5 cm³/mol. The van der Waals surface area contributed by atoms with Crippen molar-refractivity contribution in [1.29, 1.82) is 0 Å². The average Bonchev–Trinajstić information content (AvgIpc) is 2.32. The molecule has 0 bridgehead atoms. The molecule has 96 valence electrons. The van der Waals surface area contributed by atoms with Crippen LogP contribution in [0.3, 0.4) is 0 Å². The van der Waals surface area contributed by atoms with Crippen molar-refractivity contribution >= 4 is 5.91 Å². The van der Waals surface area contributed by atoms with Gasteiger partial charge in [0.2, 0.25) is 5.91 Å². The summed E-state index contributed by atoms with van der Waals surface area (Å²) in [5.74, 6) is 0.717. The maximum absolute atomic E-state index is 11.9. The Balaban J connectivity index is 4.35. The Bertz CT molecular complexity index is 206. The monoisotopic (exact) mass is 228 g/mol. The first-order valence-electron chi connectivity index (χ1n) is 6.47. The summed E-state index contributed by atoms with van der Waals surface area (Å²) < 4.78 is 0. The minimum absolute atomic E-state index is 0.101. The van der Waals surface area contributed by atoms with Crippen LogP contribution in [-0.2, 0) is 4.79 Å². The Morgan fingerprint density at radius 3 is 2.44 bits per heavy atom. The Hall–Kier alpha value is -0.570. The highest BCUT2D eigenvalue weighted by molar-refractivity contribution is 5.85. The van der Waals surface area contributed by atoms with Crippen LogP contribution in [0.5, 0.6) is 0 Å². The Kier molecular flexibility index (Phi) is 7.39. The first-order valence-corrected chi connectivity index (χ1v) is 6.47. The molecule has 0 radical (unpaired) electrons. The van der Waals surface area contributed by atoms with E-state index in [1.807, 2.05) is 6.92 Å². The zero-order chi connectivity index (χ0) is 12.6. The summed E-state index contributed by atoms with van der Waals surface area (Å²) in [7, 11) is 1.71. The third kappa shape index (κ3) is 4.97. The molecule has 0 heterocycles. The fourth-order valence-electron chi connectivity index (χ4n) is 1.63. The van der Waals surface area contributed by atoms with Crippen LogP contribution < -0.4 is 10.6 Å². The van der Waals surface area contributed by atoms with Gasteiger partial charge in [0.05, 0.1) is 5.54 Å². The molecule has 0 aromatic rings. The Morgan fingerprint density at radius 2 is 2.00 bits per heavy atom. The van der Waals surface area contributed by atoms with Crippen LogP contribution in [0.4, 0.5) is 0 Å². The standard InChI is InChI=1S/C13H28N2O/c1-6-8-9-13(4,12(16)14-5)15-10-11(3)7-2/h11,15H,6-10H2,1-5H3,(H,14,16). The first-order chi connectivity index (χ1) is 7.50. The normalized spacial score (nSPS) is 16.6. The van der Waals surface area contributed by atoms with Gasteiger partial charge in [-0.2, -0.15) is 0 Å². The van der Waals surface area contributed by atoms with E-state index in [9.17, 15) is 4.79 Å². The number of hydrogen-bond acceptors (Lipinski definition) is 2. The summed E-state index contributed by atoms with van der Waals surface area (Å²) in [6.07, 6.45) is 4.25. The molecule has 0 saturated carbocycles. The zero-order valence-electron chi connectivity index (χ0n) is 11.5. The molecule has 0 aromatic carbocycles. The van der Waals surface area contributed by atoms with E-state index in [2.05, 4.69) is 31.4 Å². The number of likely N-dealkylation sites (N-methyl/N-ethyl adjacent to an activating group) is 1. The van der Waals surface area contributed by atoms with Crippen LogP contribution in [0.15, 0.2) is 0 Å². The minimum Gasteiger partial charge on any atom is -0.358 e. The van der Waals surface area contributed by atoms with Gasteiger partial charge in [-0.3, -0.25) is 4.79 Å². The van der Waals surface area contributed by atoms with Crippen LogP contribution in [0.25, 0.3) is 0 Å². The van der Waals surface area contributed by atoms with Crippen molar-refractivity contribution in [3.8, 4) is 0 Å². The predicted octanol–water partition coefficient (Wildman–Crippen LogP) is 2.32. The van der Waals surface area contributed by atoms with Crippen molar-refractivity contribution in [2.75, 3.05) is 13.6 Å². The fourth-order valence-corrected chi connectivity index (χ4v) is 1.63. The summed E-state index contributed by atoms with van der Waals surface area (Å²) in [5, 5.41) is 6.18. The number of carbonyl (C=O) groups is 1. The lowest BCUT2D eigenvalue weighted by molar-refractivity contribution is -0.127. The lowest BCUT2D eigenvalue weighted by Crippen LogP contribution is -2.55. The van der Waals surface area contributed by atoms with Gasteiger partial charge in [0.1, 0.15) is 0 Å². The van der Waals surface area contributed by atoms with Gasteiger partial charge in [-0.25, -0.2) is 0 Å². The van der Waals surface area contributed by atoms with E-state index in [4.69, 9.17) is 0 Å². The smallest absolute Gasteiger partial charge is 0.239 e. The molecule has 2 N–H and O–H groups in total. The number of carbonyl (C=O) groups excluding carboxylic acids is 1. The van der Waals surface area contributed by atoms with E-state index in [-0.39, 0.29) is 5.91 Å². The van der Waals surface area contributed by atoms with E-state index in [1.165, 1.54) is 0 Å². The van der Waals surface area contributed by atoms with Gasteiger partial charge in [-0.15, -0.1) is 0 Å².